The second-order valence-corrected chi connectivity index (χ2v) is 7.09. The van der Waals surface area contributed by atoms with Crippen LogP contribution in [0.25, 0.3) is 11.4 Å². The minimum absolute atomic E-state index is 0.0111. The van der Waals surface area contributed by atoms with Gasteiger partial charge in [-0.15, -0.1) is 10.2 Å². The van der Waals surface area contributed by atoms with Gasteiger partial charge in [0, 0.05) is 37.7 Å². The van der Waals surface area contributed by atoms with Gasteiger partial charge in [0.2, 0.25) is 17.6 Å². The molecule has 0 bridgehead atoms. The molecule has 9 heteroatoms. The van der Waals surface area contributed by atoms with Crippen LogP contribution in [0.3, 0.4) is 0 Å². The molecule has 9 nitrogen and oxygen atoms in total. The van der Waals surface area contributed by atoms with Crippen LogP contribution >= 0.6 is 0 Å². The van der Waals surface area contributed by atoms with Gasteiger partial charge in [-0.3, -0.25) is 9.59 Å². The Bertz CT molecular complexity index is 803. The van der Waals surface area contributed by atoms with E-state index in [1.54, 1.807) is 0 Å². The third-order valence-corrected chi connectivity index (χ3v) is 4.89. The Morgan fingerprint density at radius 2 is 2.04 bits per heavy atom. The molecule has 28 heavy (non-hydrogen) atoms. The van der Waals surface area contributed by atoms with Crippen LogP contribution in [0.4, 0.5) is 0 Å². The minimum atomic E-state index is -0.0823. The molecule has 1 aliphatic heterocycles. The second-order valence-electron chi connectivity index (χ2n) is 7.09. The molecule has 1 unspecified atom stereocenters. The summed E-state index contributed by atoms with van der Waals surface area (Å²) in [6, 6.07) is 7.83. The van der Waals surface area contributed by atoms with Crippen molar-refractivity contribution >= 4 is 11.8 Å². The first-order chi connectivity index (χ1) is 13.6. The molecule has 0 saturated carbocycles. The van der Waals surface area contributed by atoms with Gasteiger partial charge in [0.15, 0.2) is 0 Å². The first-order valence-electron chi connectivity index (χ1n) is 9.68. The maximum absolute atomic E-state index is 12.8. The Labute approximate surface area is 164 Å². The normalized spacial score (nSPS) is 16.8. The number of carbonyl (C=O) groups is 2. The summed E-state index contributed by atoms with van der Waals surface area (Å²) in [5, 5.41) is 15.3. The molecule has 3 rings (SSSR count). The molecule has 150 valence electrons. The zero-order valence-electron chi connectivity index (χ0n) is 16.2. The number of benzene rings is 1. The van der Waals surface area contributed by atoms with Crippen LogP contribution in [-0.4, -0.2) is 62.6 Å². The summed E-state index contributed by atoms with van der Waals surface area (Å²) in [4.78, 5) is 27.6. The maximum Gasteiger partial charge on any atom is 0.246 e. The highest BCUT2D eigenvalue weighted by Gasteiger charge is 2.27. The van der Waals surface area contributed by atoms with Crippen molar-refractivity contribution in [2.45, 2.75) is 45.2 Å². The lowest BCUT2D eigenvalue weighted by atomic mass is 10.0. The van der Waals surface area contributed by atoms with Gasteiger partial charge in [0.05, 0.1) is 0 Å². The van der Waals surface area contributed by atoms with Crippen LogP contribution in [0.2, 0.25) is 0 Å². The van der Waals surface area contributed by atoms with E-state index in [0.717, 1.165) is 30.4 Å². The standard InChI is InChI=1S/C19H27N7O2/c1-14-5-7-15(8-6-14)19-22-24-26(23-19)13-18(28)25-11-3-2-4-16(25)12-21-17(27)9-10-20/h5-8,16H,2-4,9-13,20H2,1H3,(H,21,27). The van der Waals surface area contributed by atoms with E-state index in [-0.39, 0.29) is 24.4 Å². The number of hydrogen-bond acceptors (Lipinski definition) is 6. The van der Waals surface area contributed by atoms with Crippen LogP contribution in [0.15, 0.2) is 24.3 Å². The molecule has 1 aromatic carbocycles. The first kappa shape index (κ1) is 19.9. The Balaban J connectivity index is 1.60. The van der Waals surface area contributed by atoms with E-state index in [1.165, 1.54) is 4.80 Å². The lowest BCUT2D eigenvalue weighted by Crippen LogP contribution is -2.50. The summed E-state index contributed by atoms with van der Waals surface area (Å²) in [6.07, 6.45) is 3.16. The molecule has 1 fully saturated rings. The fraction of sp³-hybridized carbons (Fsp3) is 0.526. The van der Waals surface area contributed by atoms with Crippen molar-refractivity contribution in [3.05, 3.63) is 29.8 Å². The molecular weight excluding hydrogens is 358 g/mol. The van der Waals surface area contributed by atoms with Crippen molar-refractivity contribution in [3.63, 3.8) is 0 Å². The Hall–Kier alpha value is -2.81. The van der Waals surface area contributed by atoms with Crippen molar-refractivity contribution in [1.82, 2.24) is 30.4 Å². The number of aryl methyl sites for hydroxylation is 1. The van der Waals surface area contributed by atoms with Crippen LogP contribution in [0.1, 0.15) is 31.2 Å². The fourth-order valence-corrected chi connectivity index (χ4v) is 3.33. The van der Waals surface area contributed by atoms with Gasteiger partial charge in [0.25, 0.3) is 0 Å². The summed E-state index contributed by atoms with van der Waals surface area (Å²) in [7, 11) is 0. The summed E-state index contributed by atoms with van der Waals surface area (Å²) >= 11 is 0. The van der Waals surface area contributed by atoms with Gasteiger partial charge in [-0.05, 0) is 31.4 Å². The van der Waals surface area contributed by atoms with E-state index >= 15 is 0 Å². The summed E-state index contributed by atoms with van der Waals surface area (Å²) in [6.45, 7) is 3.49. The number of nitrogens with zero attached hydrogens (tertiary/aromatic N) is 5. The van der Waals surface area contributed by atoms with Crippen LogP contribution in [0, 0.1) is 6.92 Å². The predicted octanol–water partition coefficient (Wildman–Crippen LogP) is 0.495. The van der Waals surface area contributed by atoms with Gasteiger partial charge < -0.3 is 16.0 Å². The van der Waals surface area contributed by atoms with Crippen molar-refractivity contribution in [3.8, 4) is 11.4 Å². The average Bonchev–Trinajstić information content (AvgIpc) is 3.16. The quantitative estimate of drug-likeness (QED) is 0.716. The van der Waals surface area contributed by atoms with E-state index in [2.05, 4.69) is 20.7 Å². The number of amides is 2. The first-order valence-corrected chi connectivity index (χ1v) is 9.68. The number of nitrogens with one attached hydrogen (secondary N) is 1. The van der Waals surface area contributed by atoms with Gasteiger partial charge in [0.1, 0.15) is 6.54 Å². The summed E-state index contributed by atoms with van der Waals surface area (Å²) < 4.78 is 0. The molecule has 0 aliphatic carbocycles. The molecule has 2 amide bonds. The SMILES string of the molecule is Cc1ccc(-c2nnn(CC(=O)N3CCCCC3CNC(=O)CCN)n2)cc1. The highest BCUT2D eigenvalue weighted by atomic mass is 16.2. The van der Waals surface area contributed by atoms with E-state index in [1.807, 2.05) is 36.1 Å². The highest BCUT2D eigenvalue weighted by Crippen LogP contribution is 2.18. The number of carbonyl (C=O) groups excluding carboxylic acids is 2. The van der Waals surface area contributed by atoms with Gasteiger partial charge in [-0.1, -0.05) is 29.8 Å². The summed E-state index contributed by atoms with van der Waals surface area (Å²) in [5.41, 5.74) is 7.42. The van der Waals surface area contributed by atoms with E-state index < -0.39 is 0 Å². The third-order valence-electron chi connectivity index (χ3n) is 4.89. The molecule has 2 aromatic rings. The third kappa shape index (κ3) is 5.13. The molecule has 1 saturated heterocycles. The maximum atomic E-state index is 12.8. The Morgan fingerprint density at radius 1 is 1.25 bits per heavy atom. The minimum Gasteiger partial charge on any atom is -0.354 e. The molecule has 0 radical (unpaired) electrons. The largest absolute Gasteiger partial charge is 0.354 e. The fourth-order valence-electron chi connectivity index (χ4n) is 3.33. The average molecular weight is 385 g/mol. The number of hydrogen-bond donors (Lipinski definition) is 2. The van der Waals surface area contributed by atoms with E-state index in [4.69, 9.17) is 5.73 Å². The van der Waals surface area contributed by atoms with Crippen molar-refractivity contribution in [1.29, 1.82) is 0 Å². The predicted molar refractivity (Wildman–Crippen MR) is 104 cm³/mol. The summed E-state index contributed by atoms with van der Waals surface area (Å²) in [5.74, 6) is 0.351. The zero-order chi connectivity index (χ0) is 19.9. The number of aromatic nitrogens is 4. The number of piperidine rings is 1. The van der Waals surface area contributed by atoms with Crippen LogP contribution in [-0.2, 0) is 16.1 Å². The monoisotopic (exact) mass is 385 g/mol. The lowest BCUT2D eigenvalue weighted by molar-refractivity contribution is -0.136. The van der Waals surface area contributed by atoms with Crippen LogP contribution in [0.5, 0.6) is 0 Å². The molecule has 1 aliphatic rings. The molecular formula is C19H27N7O2. The smallest absolute Gasteiger partial charge is 0.246 e. The number of tetrazole rings is 1. The highest BCUT2D eigenvalue weighted by molar-refractivity contribution is 5.77. The Morgan fingerprint density at radius 3 is 2.79 bits per heavy atom. The van der Waals surface area contributed by atoms with E-state index in [9.17, 15) is 9.59 Å². The molecule has 1 atom stereocenters. The van der Waals surface area contributed by atoms with Crippen molar-refractivity contribution < 1.29 is 9.59 Å². The van der Waals surface area contributed by atoms with Gasteiger partial charge in [-0.2, -0.15) is 4.80 Å². The molecule has 1 aromatic heterocycles. The topological polar surface area (TPSA) is 119 Å². The zero-order valence-corrected chi connectivity index (χ0v) is 16.2. The number of likely N-dealkylation sites (tertiary alicyclic amines) is 1. The van der Waals surface area contributed by atoms with Crippen LogP contribution < -0.4 is 11.1 Å². The molecule has 3 N–H and O–H groups in total. The number of rotatable bonds is 7. The molecule has 2 heterocycles. The Kier molecular flexibility index (Phi) is 6.70. The van der Waals surface area contributed by atoms with Gasteiger partial charge in [-0.25, -0.2) is 0 Å². The lowest BCUT2D eigenvalue weighted by Gasteiger charge is -2.35. The van der Waals surface area contributed by atoms with E-state index in [0.29, 0.717) is 31.9 Å². The number of nitrogens with two attached hydrogens (primary N) is 1. The van der Waals surface area contributed by atoms with Crippen molar-refractivity contribution in [2.75, 3.05) is 19.6 Å². The second kappa shape index (κ2) is 9.41. The van der Waals surface area contributed by atoms with Crippen molar-refractivity contribution in [2.24, 2.45) is 5.73 Å². The molecule has 0 spiro atoms. The van der Waals surface area contributed by atoms with Gasteiger partial charge >= 0.3 is 0 Å².